The number of esters is 1. The molecule has 1 atom stereocenters. The fourth-order valence-corrected chi connectivity index (χ4v) is 2.35. The van der Waals surface area contributed by atoms with Crippen LogP contribution >= 0.6 is 0 Å². The van der Waals surface area contributed by atoms with Gasteiger partial charge in [0, 0.05) is 11.6 Å². The molecule has 10 heteroatoms. The molecule has 1 aliphatic rings. The van der Waals surface area contributed by atoms with E-state index in [-0.39, 0.29) is 18.5 Å². The lowest BCUT2D eigenvalue weighted by molar-refractivity contribution is -0.155. The van der Waals surface area contributed by atoms with E-state index >= 15 is 0 Å². The molecule has 1 fully saturated rings. The van der Waals surface area contributed by atoms with E-state index in [9.17, 15) is 9.59 Å². The van der Waals surface area contributed by atoms with Crippen molar-refractivity contribution in [2.75, 3.05) is 14.2 Å². The highest BCUT2D eigenvalue weighted by Crippen LogP contribution is 2.30. The molecule has 0 spiro atoms. The lowest BCUT2D eigenvalue weighted by Crippen LogP contribution is -2.37. The topological polar surface area (TPSA) is 117 Å². The van der Waals surface area contributed by atoms with E-state index in [2.05, 4.69) is 20.7 Å². The van der Waals surface area contributed by atoms with Crippen molar-refractivity contribution in [1.29, 1.82) is 0 Å². The van der Waals surface area contributed by atoms with Crippen molar-refractivity contribution >= 4 is 11.9 Å². The second-order valence-electron chi connectivity index (χ2n) is 6.13. The first-order chi connectivity index (χ1) is 13.0. The van der Waals surface area contributed by atoms with Gasteiger partial charge in [0.15, 0.2) is 24.1 Å². The van der Waals surface area contributed by atoms with Gasteiger partial charge in [0.2, 0.25) is 5.82 Å². The number of nitrogens with one attached hydrogen (secondary N) is 1. The second kappa shape index (κ2) is 8.02. The maximum absolute atomic E-state index is 12.0. The lowest BCUT2D eigenvalue weighted by Gasteiger charge is -2.12. The molecule has 0 radical (unpaired) electrons. The molecule has 0 aliphatic heterocycles. The minimum Gasteiger partial charge on any atom is -0.493 e. The van der Waals surface area contributed by atoms with E-state index in [4.69, 9.17) is 14.2 Å². The van der Waals surface area contributed by atoms with Crippen molar-refractivity contribution in [3.63, 3.8) is 0 Å². The van der Waals surface area contributed by atoms with E-state index < -0.39 is 12.1 Å². The molecule has 27 heavy (non-hydrogen) atoms. The third-order valence-electron chi connectivity index (χ3n) is 3.97. The van der Waals surface area contributed by atoms with Crippen LogP contribution in [0.4, 0.5) is 0 Å². The maximum Gasteiger partial charge on any atom is 0.330 e. The van der Waals surface area contributed by atoms with Gasteiger partial charge < -0.3 is 19.5 Å². The second-order valence-corrected chi connectivity index (χ2v) is 6.13. The SMILES string of the molecule is COc1ccc(-c2nnn(CC(=O)O[C@@H](C)C(=O)NC3CC3)n2)cc1OC. The number of carbonyl (C=O) groups excluding carboxylic acids is 2. The fraction of sp³-hybridized carbons (Fsp3) is 0.471. The molecule has 0 saturated heterocycles. The number of ether oxygens (including phenoxy) is 3. The van der Waals surface area contributed by atoms with E-state index in [1.54, 1.807) is 25.3 Å². The highest BCUT2D eigenvalue weighted by molar-refractivity contribution is 5.83. The van der Waals surface area contributed by atoms with Crippen LogP contribution in [0.2, 0.25) is 0 Å². The molecule has 1 heterocycles. The quantitative estimate of drug-likeness (QED) is 0.666. The summed E-state index contributed by atoms with van der Waals surface area (Å²) in [6, 6.07) is 5.40. The van der Waals surface area contributed by atoms with Gasteiger partial charge in [0.05, 0.1) is 14.2 Å². The molecule has 1 saturated carbocycles. The number of hydrogen-bond donors (Lipinski definition) is 1. The Morgan fingerprint density at radius 2 is 2.00 bits per heavy atom. The van der Waals surface area contributed by atoms with Crippen LogP contribution in [0.3, 0.4) is 0 Å². The summed E-state index contributed by atoms with van der Waals surface area (Å²) in [5.41, 5.74) is 0.657. The number of methoxy groups -OCH3 is 2. The van der Waals surface area contributed by atoms with Crippen LogP contribution in [0.25, 0.3) is 11.4 Å². The molecule has 1 aromatic heterocycles. The summed E-state index contributed by atoms with van der Waals surface area (Å²) in [6.07, 6.45) is 1.06. The van der Waals surface area contributed by atoms with Gasteiger partial charge in [0.25, 0.3) is 5.91 Å². The van der Waals surface area contributed by atoms with Crippen molar-refractivity contribution in [3.8, 4) is 22.9 Å². The molecule has 10 nitrogen and oxygen atoms in total. The molecule has 0 bridgehead atoms. The monoisotopic (exact) mass is 375 g/mol. The predicted molar refractivity (Wildman–Crippen MR) is 93.1 cm³/mol. The van der Waals surface area contributed by atoms with Crippen molar-refractivity contribution in [1.82, 2.24) is 25.5 Å². The van der Waals surface area contributed by atoms with Gasteiger partial charge in [0.1, 0.15) is 0 Å². The Morgan fingerprint density at radius 1 is 1.26 bits per heavy atom. The van der Waals surface area contributed by atoms with Gasteiger partial charge in [-0.1, -0.05) is 0 Å². The van der Waals surface area contributed by atoms with E-state index in [0.29, 0.717) is 22.9 Å². The first kappa shape index (κ1) is 18.6. The highest BCUT2D eigenvalue weighted by atomic mass is 16.5. The fourth-order valence-electron chi connectivity index (χ4n) is 2.35. The Morgan fingerprint density at radius 3 is 2.67 bits per heavy atom. The number of benzene rings is 1. The molecular formula is C17H21N5O5. The van der Waals surface area contributed by atoms with Crippen molar-refractivity contribution < 1.29 is 23.8 Å². The largest absolute Gasteiger partial charge is 0.493 e. The summed E-state index contributed by atoms with van der Waals surface area (Å²) in [5, 5.41) is 14.7. The van der Waals surface area contributed by atoms with Crippen LogP contribution in [0.1, 0.15) is 19.8 Å². The van der Waals surface area contributed by atoms with Crippen LogP contribution in [-0.2, 0) is 20.9 Å². The molecule has 1 aromatic carbocycles. The van der Waals surface area contributed by atoms with E-state index in [1.165, 1.54) is 14.0 Å². The smallest absolute Gasteiger partial charge is 0.330 e. The van der Waals surface area contributed by atoms with Crippen LogP contribution in [0.15, 0.2) is 18.2 Å². The third-order valence-corrected chi connectivity index (χ3v) is 3.97. The first-order valence-corrected chi connectivity index (χ1v) is 8.50. The summed E-state index contributed by atoms with van der Waals surface area (Å²) in [7, 11) is 3.08. The Labute approximate surface area is 155 Å². The number of tetrazole rings is 1. The van der Waals surface area contributed by atoms with Crippen LogP contribution in [0.5, 0.6) is 11.5 Å². The number of hydrogen-bond acceptors (Lipinski definition) is 8. The van der Waals surface area contributed by atoms with Gasteiger partial charge in [-0.05, 0) is 43.2 Å². The van der Waals surface area contributed by atoms with Crippen molar-refractivity contribution in [2.24, 2.45) is 0 Å². The summed E-state index contributed by atoms with van der Waals surface area (Å²) in [4.78, 5) is 24.9. The Bertz CT molecular complexity index is 833. The molecule has 1 amide bonds. The summed E-state index contributed by atoms with van der Waals surface area (Å²) in [5.74, 6) is 0.508. The van der Waals surface area contributed by atoms with Gasteiger partial charge in [-0.3, -0.25) is 4.79 Å². The summed E-state index contributed by atoms with van der Waals surface area (Å²) >= 11 is 0. The van der Waals surface area contributed by atoms with Crippen molar-refractivity contribution in [3.05, 3.63) is 18.2 Å². The number of nitrogens with zero attached hydrogens (tertiary/aromatic N) is 4. The average Bonchev–Trinajstić information content (AvgIpc) is 3.36. The Balaban J connectivity index is 1.60. The normalized spacial score (nSPS) is 14.3. The van der Waals surface area contributed by atoms with E-state index in [1.807, 2.05) is 0 Å². The van der Waals surface area contributed by atoms with Crippen LogP contribution in [0, 0.1) is 0 Å². The Hall–Kier alpha value is -3.17. The van der Waals surface area contributed by atoms with Crippen molar-refractivity contribution in [2.45, 2.75) is 38.5 Å². The number of carbonyl (C=O) groups is 2. The summed E-state index contributed by atoms with van der Waals surface area (Å²) < 4.78 is 15.5. The maximum atomic E-state index is 12.0. The standard InChI is InChI=1S/C17H21N5O5/c1-10(17(24)18-12-5-6-12)27-15(23)9-22-20-16(19-21-22)11-4-7-13(25-2)14(8-11)26-3/h4,7-8,10,12H,5-6,9H2,1-3H3,(H,18,24)/t10-/m0/s1. The molecule has 1 aliphatic carbocycles. The minimum absolute atomic E-state index is 0.208. The van der Waals surface area contributed by atoms with Crippen LogP contribution in [-0.4, -0.2) is 58.4 Å². The number of aromatic nitrogens is 4. The minimum atomic E-state index is -0.869. The van der Waals surface area contributed by atoms with Gasteiger partial charge >= 0.3 is 5.97 Å². The number of rotatable bonds is 8. The molecule has 0 unspecified atom stereocenters. The summed E-state index contributed by atoms with van der Waals surface area (Å²) in [6.45, 7) is 1.28. The third kappa shape index (κ3) is 4.72. The first-order valence-electron chi connectivity index (χ1n) is 8.50. The van der Waals surface area contributed by atoms with Crippen LogP contribution < -0.4 is 14.8 Å². The van der Waals surface area contributed by atoms with Gasteiger partial charge in [-0.25, -0.2) is 4.79 Å². The van der Waals surface area contributed by atoms with Gasteiger partial charge in [-0.2, -0.15) is 4.80 Å². The average molecular weight is 375 g/mol. The van der Waals surface area contributed by atoms with Gasteiger partial charge in [-0.15, -0.1) is 10.2 Å². The zero-order valence-corrected chi connectivity index (χ0v) is 15.3. The molecule has 3 rings (SSSR count). The highest BCUT2D eigenvalue weighted by Gasteiger charge is 2.27. The lowest BCUT2D eigenvalue weighted by atomic mass is 10.2. The predicted octanol–water partition coefficient (Wildman–Crippen LogP) is 0.568. The molecule has 1 N–H and O–H groups in total. The molecular weight excluding hydrogens is 354 g/mol. The molecule has 2 aromatic rings. The number of amides is 1. The Kier molecular flexibility index (Phi) is 5.53. The molecule has 144 valence electrons. The van der Waals surface area contributed by atoms with E-state index in [0.717, 1.165) is 17.6 Å². The zero-order valence-electron chi connectivity index (χ0n) is 15.3. The zero-order chi connectivity index (χ0) is 19.4.